The summed E-state index contributed by atoms with van der Waals surface area (Å²) in [6, 6.07) is 5.17. The van der Waals surface area contributed by atoms with E-state index in [1.54, 1.807) is 19.2 Å². The molecule has 8 heteroatoms. The van der Waals surface area contributed by atoms with Crippen LogP contribution < -0.4 is 10.5 Å². The fraction of sp³-hybridized carbons (Fsp3) is 0.167. The molecule has 0 fully saturated rings. The lowest BCUT2D eigenvalue weighted by molar-refractivity contribution is 0.601. The molecule has 0 aliphatic heterocycles. The van der Waals surface area contributed by atoms with E-state index in [0.29, 0.717) is 11.3 Å². The van der Waals surface area contributed by atoms with Crippen LogP contribution in [-0.4, -0.2) is 23.2 Å². The summed E-state index contributed by atoms with van der Waals surface area (Å²) in [7, 11) is -2.07. The smallest absolute Gasteiger partial charge is 0.265 e. The van der Waals surface area contributed by atoms with Crippen LogP contribution in [0.3, 0.4) is 0 Å². The molecule has 106 valence electrons. The quantitative estimate of drug-likeness (QED) is 0.827. The maximum Gasteiger partial charge on any atom is 0.265 e. The number of nitrogens with one attached hydrogen (secondary N) is 1. The van der Waals surface area contributed by atoms with E-state index in [0.717, 1.165) is 5.56 Å². The van der Waals surface area contributed by atoms with E-state index < -0.39 is 10.0 Å². The van der Waals surface area contributed by atoms with Crippen molar-refractivity contribution in [1.82, 2.24) is 9.78 Å². The highest BCUT2D eigenvalue weighted by Gasteiger charge is 2.19. The summed E-state index contributed by atoms with van der Waals surface area (Å²) >= 11 is 4.97. The minimum absolute atomic E-state index is 0.0791. The monoisotopic (exact) mass is 310 g/mol. The molecule has 2 rings (SSSR count). The number of hydrogen-bond donors (Lipinski definition) is 2. The Hall–Kier alpha value is -1.93. The predicted molar refractivity (Wildman–Crippen MR) is 81.1 cm³/mol. The topological polar surface area (TPSA) is 90.0 Å². The van der Waals surface area contributed by atoms with Crippen LogP contribution in [0.25, 0.3) is 0 Å². The molecule has 1 aromatic heterocycles. The Morgan fingerprint density at radius 3 is 2.70 bits per heavy atom. The van der Waals surface area contributed by atoms with Crippen LogP contribution in [0.15, 0.2) is 35.5 Å². The molecule has 3 N–H and O–H groups in total. The average molecular weight is 310 g/mol. The third-order valence-corrected chi connectivity index (χ3v) is 4.28. The van der Waals surface area contributed by atoms with E-state index in [1.807, 2.05) is 13.0 Å². The molecule has 0 aliphatic rings. The molecular formula is C12H14N4O2S2. The summed E-state index contributed by atoms with van der Waals surface area (Å²) < 4.78 is 28.4. The van der Waals surface area contributed by atoms with Gasteiger partial charge in [-0.2, -0.15) is 5.10 Å². The van der Waals surface area contributed by atoms with Crippen molar-refractivity contribution in [3.63, 3.8) is 0 Å². The Morgan fingerprint density at radius 2 is 2.15 bits per heavy atom. The van der Waals surface area contributed by atoms with Crippen LogP contribution in [0.1, 0.15) is 11.1 Å². The number of benzene rings is 1. The van der Waals surface area contributed by atoms with Crippen molar-refractivity contribution in [1.29, 1.82) is 0 Å². The van der Waals surface area contributed by atoms with Gasteiger partial charge >= 0.3 is 0 Å². The molecule has 0 spiro atoms. The number of aryl methyl sites for hydroxylation is 2. The zero-order valence-corrected chi connectivity index (χ0v) is 12.6. The van der Waals surface area contributed by atoms with Crippen molar-refractivity contribution in [2.24, 2.45) is 12.8 Å². The van der Waals surface area contributed by atoms with Gasteiger partial charge in [-0.1, -0.05) is 24.4 Å². The van der Waals surface area contributed by atoms with E-state index >= 15 is 0 Å². The fourth-order valence-electron chi connectivity index (χ4n) is 1.82. The van der Waals surface area contributed by atoms with Crippen molar-refractivity contribution in [3.8, 4) is 0 Å². The highest BCUT2D eigenvalue weighted by atomic mass is 32.2. The second-order valence-electron chi connectivity index (χ2n) is 4.32. The largest absolute Gasteiger partial charge is 0.389 e. The molecule has 6 nitrogen and oxygen atoms in total. The number of rotatable bonds is 4. The Balaban J connectivity index is 2.45. The summed E-state index contributed by atoms with van der Waals surface area (Å²) in [6.45, 7) is 1.82. The van der Waals surface area contributed by atoms with E-state index in [4.69, 9.17) is 18.0 Å². The van der Waals surface area contributed by atoms with Crippen LogP contribution in [0.2, 0.25) is 0 Å². The van der Waals surface area contributed by atoms with Crippen molar-refractivity contribution in [2.75, 3.05) is 4.72 Å². The number of sulfonamides is 1. The first-order chi connectivity index (χ1) is 9.31. The molecule has 0 amide bonds. The summed E-state index contributed by atoms with van der Waals surface area (Å²) in [5.74, 6) is 0. The van der Waals surface area contributed by atoms with E-state index in [-0.39, 0.29) is 9.88 Å². The van der Waals surface area contributed by atoms with Crippen LogP contribution in [0.5, 0.6) is 0 Å². The second-order valence-corrected chi connectivity index (χ2v) is 6.44. The maximum absolute atomic E-state index is 12.3. The normalized spacial score (nSPS) is 11.3. The summed E-state index contributed by atoms with van der Waals surface area (Å²) in [4.78, 5) is 0.224. The Morgan fingerprint density at radius 1 is 1.45 bits per heavy atom. The summed E-state index contributed by atoms with van der Waals surface area (Å²) in [6.07, 6.45) is 2.69. The van der Waals surface area contributed by atoms with Gasteiger partial charge in [0.25, 0.3) is 10.0 Å². The number of anilines is 1. The van der Waals surface area contributed by atoms with Gasteiger partial charge in [0.1, 0.15) is 9.88 Å². The molecule has 0 radical (unpaired) electrons. The molecule has 1 heterocycles. The standard InChI is InChI=1S/C12H14N4O2S2/c1-8-4-3-5-10(11(8)12(13)19)15-20(17,18)9-6-14-16(2)7-9/h3-7,15H,1-2H3,(H2,13,19). The van der Waals surface area contributed by atoms with Gasteiger partial charge in [0, 0.05) is 18.8 Å². The Labute approximate surface area is 122 Å². The summed E-state index contributed by atoms with van der Waals surface area (Å²) in [5, 5.41) is 3.85. The van der Waals surface area contributed by atoms with Crippen molar-refractivity contribution in [3.05, 3.63) is 41.7 Å². The molecule has 0 bridgehead atoms. The number of aromatic nitrogens is 2. The van der Waals surface area contributed by atoms with Crippen LogP contribution in [0.4, 0.5) is 5.69 Å². The Kier molecular flexibility index (Phi) is 3.78. The van der Waals surface area contributed by atoms with Gasteiger partial charge < -0.3 is 5.73 Å². The maximum atomic E-state index is 12.3. The third kappa shape index (κ3) is 2.81. The van der Waals surface area contributed by atoms with E-state index in [9.17, 15) is 8.42 Å². The second kappa shape index (κ2) is 5.22. The van der Waals surface area contributed by atoms with Gasteiger partial charge in [0.05, 0.1) is 11.9 Å². The zero-order chi connectivity index (χ0) is 14.9. The van der Waals surface area contributed by atoms with Gasteiger partial charge in [0.15, 0.2) is 0 Å². The first kappa shape index (κ1) is 14.5. The molecule has 1 aromatic carbocycles. The lowest BCUT2D eigenvalue weighted by Crippen LogP contribution is -2.18. The van der Waals surface area contributed by atoms with Crippen LogP contribution in [-0.2, 0) is 17.1 Å². The van der Waals surface area contributed by atoms with Crippen LogP contribution in [0, 0.1) is 6.92 Å². The molecule has 0 atom stereocenters. The third-order valence-electron chi connectivity index (χ3n) is 2.76. The van der Waals surface area contributed by atoms with Gasteiger partial charge in [0.2, 0.25) is 0 Å². The lowest BCUT2D eigenvalue weighted by Gasteiger charge is -2.13. The highest BCUT2D eigenvalue weighted by Crippen LogP contribution is 2.22. The SMILES string of the molecule is Cc1cccc(NS(=O)(=O)c2cnn(C)c2)c1C(N)=S. The molecular weight excluding hydrogens is 296 g/mol. The zero-order valence-electron chi connectivity index (χ0n) is 11.0. The molecule has 0 saturated heterocycles. The molecule has 0 saturated carbocycles. The van der Waals surface area contributed by atoms with Gasteiger partial charge in [-0.25, -0.2) is 8.42 Å². The molecule has 0 unspecified atom stereocenters. The van der Waals surface area contributed by atoms with E-state index in [1.165, 1.54) is 17.1 Å². The number of nitrogens with two attached hydrogens (primary N) is 1. The lowest BCUT2D eigenvalue weighted by atomic mass is 10.1. The van der Waals surface area contributed by atoms with E-state index in [2.05, 4.69) is 9.82 Å². The van der Waals surface area contributed by atoms with Gasteiger partial charge in [-0.15, -0.1) is 0 Å². The minimum Gasteiger partial charge on any atom is -0.389 e. The molecule has 20 heavy (non-hydrogen) atoms. The predicted octanol–water partition coefficient (Wildman–Crippen LogP) is 1.16. The minimum atomic E-state index is -3.71. The van der Waals surface area contributed by atoms with Crippen molar-refractivity contribution >= 4 is 32.9 Å². The fourth-order valence-corrected chi connectivity index (χ4v) is 3.15. The molecule has 0 aliphatic carbocycles. The number of hydrogen-bond acceptors (Lipinski definition) is 4. The highest BCUT2D eigenvalue weighted by molar-refractivity contribution is 7.92. The number of nitrogens with zero attached hydrogens (tertiary/aromatic N) is 2. The molecule has 2 aromatic rings. The van der Waals surface area contributed by atoms with Gasteiger partial charge in [-0.05, 0) is 18.6 Å². The average Bonchev–Trinajstić information content (AvgIpc) is 2.75. The number of thiocarbonyl (C=S) groups is 1. The Bertz CT molecular complexity index is 766. The van der Waals surface area contributed by atoms with Gasteiger partial charge in [-0.3, -0.25) is 9.40 Å². The first-order valence-corrected chi connectivity index (χ1v) is 7.61. The van der Waals surface area contributed by atoms with Crippen molar-refractivity contribution in [2.45, 2.75) is 11.8 Å². The van der Waals surface area contributed by atoms with Crippen molar-refractivity contribution < 1.29 is 8.42 Å². The summed E-state index contributed by atoms with van der Waals surface area (Å²) in [5.41, 5.74) is 7.35. The first-order valence-electron chi connectivity index (χ1n) is 5.72. The van der Waals surface area contributed by atoms with Crippen LogP contribution >= 0.6 is 12.2 Å².